The van der Waals surface area contributed by atoms with E-state index in [0.717, 1.165) is 31.6 Å². The molecule has 0 spiro atoms. The van der Waals surface area contributed by atoms with Gasteiger partial charge in [-0.2, -0.15) is 5.10 Å². The lowest BCUT2D eigenvalue weighted by molar-refractivity contribution is -0.117. The van der Waals surface area contributed by atoms with E-state index in [0.29, 0.717) is 12.6 Å². The van der Waals surface area contributed by atoms with Crippen molar-refractivity contribution in [2.24, 2.45) is 0 Å². The number of hydrogen-bond acceptors (Lipinski definition) is 4. The van der Waals surface area contributed by atoms with E-state index in [1.165, 1.54) is 5.56 Å². The number of anilines is 1. The number of nitrogens with zero attached hydrogens (tertiary/aromatic N) is 4. The number of aryl methyl sites for hydroxylation is 1. The molecule has 3 rings (SSSR count). The highest BCUT2D eigenvalue weighted by Gasteiger charge is 2.26. The predicted octanol–water partition coefficient (Wildman–Crippen LogP) is 1.69. The fourth-order valence-corrected chi connectivity index (χ4v) is 2.91. The number of hydrogen-bond donors (Lipinski definition) is 1. The molecular formula is C16H21N5O. The van der Waals surface area contributed by atoms with E-state index in [9.17, 15) is 4.79 Å². The van der Waals surface area contributed by atoms with Gasteiger partial charge in [-0.15, -0.1) is 0 Å². The zero-order valence-electron chi connectivity index (χ0n) is 12.8. The number of nitrogens with one attached hydrogen (secondary N) is 1. The van der Waals surface area contributed by atoms with Gasteiger partial charge in [0.25, 0.3) is 0 Å². The highest BCUT2D eigenvalue weighted by molar-refractivity contribution is 5.92. The van der Waals surface area contributed by atoms with Crippen molar-refractivity contribution >= 4 is 11.6 Å². The molecule has 6 heteroatoms. The van der Waals surface area contributed by atoms with Crippen molar-refractivity contribution in [2.45, 2.75) is 32.4 Å². The van der Waals surface area contributed by atoms with Crippen LogP contribution in [0.3, 0.4) is 0 Å². The molecule has 0 unspecified atom stereocenters. The zero-order chi connectivity index (χ0) is 15.4. The lowest BCUT2D eigenvalue weighted by Gasteiger charge is -2.23. The molecule has 1 N–H and O–H groups in total. The van der Waals surface area contributed by atoms with Crippen molar-refractivity contribution in [1.29, 1.82) is 0 Å². The third-order valence-corrected chi connectivity index (χ3v) is 3.97. The first kappa shape index (κ1) is 14.7. The molecule has 1 atom stereocenters. The molecule has 0 saturated carbocycles. The molecule has 3 heterocycles. The van der Waals surface area contributed by atoms with Crippen LogP contribution in [0.4, 0.5) is 5.69 Å². The average Bonchev–Trinajstić information content (AvgIpc) is 3.10. The van der Waals surface area contributed by atoms with Crippen LogP contribution in [-0.4, -0.2) is 44.7 Å². The van der Waals surface area contributed by atoms with Crippen LogP contribution >= 0.6 is 0 Å². The SMILES string of the molecule is Cc1cnn(C[C@@H]2CCCN2CC(=O)Nc2ccncc2)c1. The lowest BCUT2D eigenvalue weighted by atomic mass is 10.2. The largest absolute Gasteiger partial charge is 0.325 e. The first-order chi connectivity index (χ1) is 10.7. The molecule has 116 valence electrons. The Bertz CT molecular complexity index is 624. The fourth-order valence-electron chi connectivity index (χ4n) is 2.91. The molecule has 1 saturated heterocycles. The summed E-state index contributed by atoms with van der Waals surface area (Å²) in [6.07, 6.45) is 9.51. The normalized spacial score (nSPS) is 18.5. The first-order valence-corrected chi connectivity index (χ1v) is 7.64. The molecule has 1 aliphatic rings. The summed E-state index contributed by atoms with van der Waals surface area (Å²) >= 11 is 0. The Kier molecular flexibility index (Phi) is 4.48. The van der Waals surface area contributed by atoms with Gasteiger partial charge in [0.15, 0.2) is 0 Å². The number of pyridine rings is 1. The van der Waals surface area contributed by atoms with Crippen molar-refractivity contribution in [3.8, 4) is 0 Å². The molecular weight excluding hydrogens is 278 g/mol. The summed E-state index contributed by atoms with van der Waals surface area (Å²) in [5.74, 6) is 0.0229. The van der Waals surface area contributed by atoms with Gasteiger partial charge in [-0.25, -0.2) is 0 Å². The molecule has 0 aromatic carbocycles. The van der Waals surface area contributed by atoms with E-state index in [-0.39, 0.29) is 5.91 Å². The highest BCUT2D eigenvalue weighted by Crippen LogP contribution is 2.18. The molecule has 1 aliphatic heterocycles. The number of aromatic nitrogens is 3. The Hall–Kier alpha value is -2.21. The van der Waals surface area contributed by atoms with Crippen LogP contribution in [0.15, 0.2) is 36.9 Å². The maximum Gasteiger partial charge on any atom is 0.238 e. The predicted molar refractivity (Wildman–Crippen MR) is 84.4 cm³/mol. The van der Waals surface area contributed by atoms with Crippen molar-refractivity contribution < 1.29 is 4.79 Å². The monoisotopic (exact) mass is 299 g/mol. The van der Waals surface area contributed by atoms with E-state index in [1.54, 1.807) is 24.5 Å². The smallest absolute Gasteiger partial charge is 0.238 e. The molecule has 1 amide bonds. The Labute approximate surface area is 130 Å². The van der Waals surface area contributed by atoms with Crippen molar-refractivity contribution in [2.75, 3.05) is 18.4 Å². The summed E-state index contributed by atoms with van der Waals surface area (Å²) in [6.45, 7) is 4.27. The van der Waals surface area contributed by atoms with Gasteiger partial charge in [0.1, 0.15) is 0 Å². The molecule has 22 heavy (non-hydrogen) atoms. The van der Waals surface area contributed by atoms with Crippen LogP contribution in [-0.2, 0) is 11.3 Å². The summed E-state index contributed by atoms with van der Waals surface area (Å²) in [7, 11) is 0. The summed E-state index contributed by atoms with van der Waals surface area (Å²) in [6, 6.07) is 3.97. The van der Waals surface area contributed by atoms with Crippen molar-refractivity contribution in [3.05, 3.63) is 42.5 Å². The summed E-state index contributed by atoms with van der Waals surface area (Å²) in [5.41, 5.74) is 1.96. The minimum atomic E-state index is 0.0229. The minimum Gasteiger partial charge on any atom is -0.325 e. The van der Waals surface area contributed by atoms with Gasteiger partial charge in [-0.3, -0.25) is 19.4 Å². The fraction of sp³-hybridized carbons (Fsp3) is 0.438. The van der Waals surface area contributed by atoms with Gasteiger partial charge in [0, 0.05) is 30.3 Å². The quantitative estimate of drug-likeness (QED) is 0.912. The van der Waals surface area contributed by atoms with E-state index in [4.69, 9.17) is 0 Å². The Balaban J connectivity index is 1.55. The standard InChI is InChI=1S/C16H21N5O/c1-13-9-18-21(10-13)11-15-3-2-8-20(15)12-16(22)19-14-4-6-17-7-5-14/h4-7,9-10,15H,2-3,8,11-12H2,1H3,(H,17,19,22)/t15-/m0/s1. The molecule has 6 nitrogen and oxygen atoms in total. The van der Waals surface area contributed by atoms with Gasteiger partial charge < -0.3 is 5.32 Å². The maximum absolute atomic E-state index is 12.2. The van der Waals surface area contributed by atoms with Crippen LogP contribution in [0, 0.1) is 6.92 Å². The van der Waals surface area contributed by atoms with Gasteiger partial charge in [-0.1, -0.05) is 0 Å². The highest BCUT2D eigenvalue weighted by atomic mass is 16.2. The van der Waals surface area contributed by atoms with Crippen LogP contribution < -0.4 is 5.32 Å². The lowest BCUT2D eigenvalue weighted by Crippen LogP contribution is -2.39. The molecule has 0 radical (unpaired) electrons. The number of likely N-dealkylation sites (tertiary alicyclic amines) is 1. The van der Waals surface area contributed by atoms with Crippen LogP contribution in [0.2, 0.25) is 0 Å². The minimum absolute atomic E-state index is 0.0229. The zero-order valence-corrected chi connectivity index (χ0v) is 12.8. The Morgan fingerprint density at radius 3 is 2.95 bits per heavy atom. The summed E-state index contributed by atoms with van der Waals surface area (Å²) < 4.78 is 1.97. The maximum atomic E-state index is 12.2. The van der Waals surface area contributed by atoms with E-state index in [2.05, 4.69) is 20.3 Å². The van der Waals surface area contributed by atoms with Crippen LogP contribution in [0.5, 0.6) is 0 Å². The van der Waals surface area contributed by atoms with Gasteiger partial charge >= 0.3 is 0 Å². The van der Waals surface area contributed by atoms with E-state index in [1.807, 2.05) is 24.0 Å². The number of carbonyl (C=O) groups is 1. The van der Waals surface area contributed by atoms with Gasteiger partial charge in [0.05, 0.1) is 19.3 Å². The molecule has 2 aromatic heterocycles. The second kappa shape index (κ2) is 6.70. The van der Waals surface area contributed by atoms with Crippen molar-refractivity contribution in [3.63, 3.8) is 0 Å². The molecule has 1 fully saturated rings. The number of rotatable bonds is 5. The first-order valence-electron chi connectivity index (χ1n) is 7.64. The summed E-state index contributed by atoms with van der Waals surface area (Å²) in [4.78, 5) is 18.4. The third-order valence-electron chi connectivity index (χ3n) is 3.97. The Morgan fingerprint density at radius 1 is 1.41 bits per heavy atom. The number of amides is 1. The molecule has 2 aromatic rings. The van der Waals surface area contributed by atoms with Crippen LogP contribution in [0.1, 0.15) is 18.4 Å². The average molecular weight is 299 g/mol. The van der Waals surface area contributed by atoms with Crippen LogP contribution in [0.25, 0.3) is 0 Å². The van der Waals surface area contributed by atoms with Gasteiger partial charge in [-0.05, 0) is 44.0 Å². The number of carbonyl (C=O) groups excluding carboxylic acids is 1. The molecule has 0 aliphatic carbocycles. The Morgan fingerprint density at radius 2 is 2.23 bits per heavy atom. The third kappa shape index (κ3) is 3.71. The van der Waals surface area contributed by atoms with E-state index >= 15 is 0 Å². The van der Waals surface area contributed by atoms with Crippen molar-refractivity contribution in [1.82, 2.24) is 19.7 Å². The van der Waals surface area contributed by atoms with E-state index < -0.39 is 0 Å². The second-order valence-electron chi connectivity index (χ2n) is 5.79. The second-order valence-corrected chi connectivity index (χ2v) is 5.79. The summed E-state index contributed by atoms with van der Waals surface area (Å²) in [5, 5.41) is 7.26. The molecule has 0 bridgehead atoms. The van der Waals surface area contributed by atoms with Gasteiger partial charge in [0.2, 0.25) is 5.91 Å². The topological polar surface area (TPSA) is 63.1 Å².